The van der Waals surface area contributed by atoms with Gasteiger partial charge in [0, 0.05) is 6.54 Å². The Morgan fingerprint density at radius 2 is 2.00 bits per heavy atom. The minimum absolute atomic E-state index is 0.0944. The van der Waals surface area contributed by atoms with Gasteiger partial charge in [0.25, 0.3) is 0 Å². The van der Waals surface area contributed by atoms with E-state index in [2.05, 4.69) is 26.1 Å². The van der Waals surface area contributed by atoms with Crippen LogP contribution in [0.4, 0.5) is 4.79 Å². The molecule has 0 saturated carbocycles. The molecule has 0 aromatic heterocycles. The molecule has 0 aromatic rings. The molecule has 4 nitrogen and oxygen atoms in total. The Morgan fingerprint density at radius 3 is 2.50 bits per heavy atom. The summed E-state index contributed by atoms with van der Waals surface area (Å²) in [7, 11) is 0. The maximum atomic E-state index is 11.4. The van der Waals surface area contributed by atoms with Gasteiger partial charge in [0.05, 0.1) is 0 Å². The first-order chi connectivity index (χ1) is 7.44. The molecule has 1 fully saturated rings. The zero-order valence-corrected chi connectivity index (χ0v) is 10.5. The molecule has 1 heterocycles. The van der Waals surface area contributed by atoms with E-state index in [0.717, 1.165) is 6.42 Å². The summed E-state index contributed by atoms with van der Waals surface area (Å²) in [5, 5.41) is 2.30. The lowest BCUT2D eigenvalue weighted by atomic mass is 9.86. The zero-order chi connectivity index (χ0) is 12.2. The van der Waals surface area contributed by atoms with E-state index in [1.165, 1.54) is 19.3 Å². The van der Waals surface area contributed by atoms with Gasteiger partial charge in [-0.2, -0.15) is 0 Å². The lowest BCUT2D eigenvalue weighted by Gasteiger charge is -2.29. The van der Waals surface area contributed by atoms with E-state index in [4.69, 9.17) is 0 Å². The average Bonchev–Trinajstić information content (AvgIpc) is 2.44. The summed E-state index contributed by atoms with van der Waals surface area (Å²) < 4.78 is 0. The second-order valence-electron chi connectivity index (χ2n) is 5.33. The number of urea groups is 1. The Balaban J connectivity index is 2.39. The van der Waals surface area contributed by atoms with Crippen molar-refractivity contribution in [3.8, 4) is 0 Å². The van der Waals surface area contributed by atoms with Crippen LogP contribution in [0.15, 0.2) is 0 Å². The number of carbonyl (C=O) groups excluding carboxylic acids is 2. The van der Waals surface area contributed by atoms with Gasteiger partial charge >= 0.3 is 6.03 Å². The molecule has 1 rings (SSSR count). The molecule has 0 aliphatic carbocycles. The minimum Gasteiger partial charge on any atom is -0.315 e. The molecule has 16 heavy (non-hydrogen) atoms. The summed E-state index contributed by atoms with van der Waals surface area (Å²) in [5.74, 6) is -0.186. The van der Waals surface area contributed by atoms with Crippen LogP contribution in [0.2, 0.25) is 0 Å². The Morgan fingerprint density at radius 1 is 1.31 bits per heavy atom. The fraction of sp³-hybridized carbons (Fsp3) is 0.833. The first-order valence-corrected chi connectivity index (χ1v) is 6.03. The van der Waals surface area contributed by atoms with Crippen LogP contribution in [0.1, 0.15) is 46.5 Å². The number of amides is 3. The summed E-state index contributed by atoms with van der Waals surface area (Å²) in [6, 6.07) is -0.242. The number of carbonyl (C=O) groups is 2. The van der Waals surface area contributed by atoms with E-state index in [0.29, 0.717) is 6.54 Å². The quantitative estimate of drug-likeness (QED) is 0.557. The van der Waals surface area contributed by atoms with Crippen LogP contribution in [0.25, 0.3) is 0 Å². The third kappa shape index (κ3) is 3.83. The highest BCUT2D eigenvalue weighted by atomic mass is 16.2. The van der Waals surface area contributed by atoms with E-state index in [-0.39, 0.29) is 23.9 Å². The van der Waals surface area contributed by atoms with E-state index in [1.807, 2.05) is 0 Å². The zero-order valence-electron chi connectivity index (χ0n) is 10.5. The van der Waals surface area contributed by atoms with Gasteiger partial charge in [-0.3, -0.25) is 10.1 Å². The second kappa shape index (κ2) is 5.32. The molecule has 4 heteroatoms. The molecule has 0 unspecified atom stereocenters. The highest BCUT2D eigenvalue weighted by Crippen LogP contribution is 2.25. The van der Waals surface area contributed by atoms with Crippen molar-refractivity contribution in [2.75, 3.05) is 13.1 Å². The first kappa shape index (κ1) is 13.0. The molecule has 92 valence electrons. The predicted octanol–water partition coefficient (Wildman–Crippen LogP) is 2.14. The number of imide groups is 1. The number of hydrogen-bond donors (Lipinski definition) is 1. The molecular formula is C12H22N2O2. The van der Waals surface area contributed by atoms with Crippen molar-refractivity contribution >= 4 is 11.9 Å². The summed E-state index contributed by atoms with van der Waals surface area (Å²) >= 11 is 0. The van der Waals surface area contributed by atoms with Crippen molar-refractivity contribution < 1.29 is 9.59 Å². The van der Waals surface area contributed by atoms with Crippen LogP contribution in [0.5, 0.6) is 0 Å². The van der Waals surface area contributed by atoms with E-state index >= 15 is 0 Å². The molecule has 0 aromatic carbocycles. The summed E-state index contributed by atoms with van der Waals surface area (Å²) in [6.45, 7) is 7.36. The summed E-state index contributed by atoms with van der Waals surface area (Å²) in [6.07, 6.45) is 4.72. The standard InChI is InChI=1S/C12H22N2O2/c1-4-5-6-7-12(2,3)9-14-8-10(15)13-11(14)16/h4-9H2,1-3H3,(H,13,15,16). The Labute approximate surface area is 97.4 Å². The van der Waals surface area contributed by atoms with Gasteiger partial charge in [0.2, 0.25) is 5.91 Å². The number of unbranched alkanes of at least 4 members (excludes halogenated alkanes) is 2. The van der Waals surface area contributed by atoms with Crippen LogP contribution in [-0.4, -0.2) is 29.9 Å². The highest BCUT2D eigenvalue weighted by molar-refractivity contribution is 6.01. The molecule has 1 aliphatic rings. The van der Waals surface area contributed by atoms with Crippen molar-refractivity contribution in [2.45, 2.75) is 46.5 Å². The maximum Gasteiger partial charge on any atom is 0.324 e. The largest absolute Gasteiger partial charge is 0.324 e. The van der Waals surface area contributed by atoms with E-state index in [1.54, 1.807) is 4.90 Å². The van der Waals surface area contributed by atoms with Gasteiger partial charge in [0.15, 0.2) is 0 Å². The van der Waals surface area contributed by atoms with Gasteiger partial charge in [0.1, 0.15) is 6.54 Å². The molecular weight excluding hydrogens is 204 g/mol. The molecule has 0 bridgehead atoms. The van der Waals surface area contributed by atoms with Gasteiger partial charge in [-0.25, -0.2) is 4.79 Å². The van der Waals surface area contributed by atoms with Gasteiger partial charge in [-0.05, 0) is 11.8 Å². The SMILES string of the molecule is CCCCCC(C)(C)CN1CC(=O)NC1=O. The monoisotopic (exact) mass is 226 g/mol. The number of rotatable bonds is 6. The maximum absolute atomic E-state index is 11.4. The fourth-order valence-corrected chi connectivity index (χ4v) is 2.06. The predicted molar refractivity (Wildman–Crippen MR) is 63.0 cm³/mol. The third-order valence-corrected chi connectivity index (χ3v) is 2.94. The van der Waals surface area contributed by atoms with Gasteiger partial charge < -0.3 is 4.90 Å². The van der Waals surface area contributed by atoms with Gasteiger partial charge in [-0.1, -0.05) is 40.0 Å². The van der Waals surface area contributed by atoms with Crippen LogP contribution < -0.4 is 5.32 Å². The van der Waals surface area contributed by atoms with Crippen LogP contribution in [0.3, 0.4) is 0 Å². The number of nitrogens with zero attached hydrogens (tertiary/aromatic N) is 1. The van der Waals surface area contributed by atoms with Gasteiger partial charge in [-0.15, -0.1) is 0 Å². The Kier molecular flexibility index (Phi) is 4.33. The molecule has 0 radical (unpaired) electrons. The van der Waals surface area contributed by atoms with Crippen LogP contribution in [-0.2, 0) is 4.79 Å². The Hall–Kier alpha value is -1.06. The molecule has 1 N–H and O–H groups in total. The van der Waals surface area contributed by atoms with Crippen molar-refractivity contribution in [1.29, 1.82) is 0 Å². The van der Waals surface area contributed by atoms with Crippen molar-refractivity contribution in [3.63, 3.8) is 0 Å². The van der Waals surface area contributed by atoms with E-state index in [9.17, 15) is 9.59 Å². The minimum atomic E-state index is -0.242. The lowest BCUT2D eigenvalue weighted by Crippen LogP contribution is -2.36. The average molecular weight is 226 g/mol. The van der Waals surface area contributed by atoms with E-state index < -0.39 is 0 Å². The molecule has 1 saturated heterocycles. The topological polar surface area (TPSA) is 49.4 Å². The lowest BCUT2D eigenvalue weighted by molar-refractivity contribution is -0.118. The summed E-state index contributed by atoms with van der Waals surface area (Å²) in [5.41, 5.74) is 0.0944. The van der Waals surface area contributed by atoms with Crippen LogP contribution >= 0.6 is 0 Å². The molecule has 0 spiro atoms. The number of hydrogen-bond acceptors (Lipinski definition) is 2. The fourth-order valence-electron chi connectivity index (χ4n) is 2.06. The Bertz CT molecular complexity index is 274. The third-order valence-electron chi connectivity index (χ3n) is 2.94. The van der Waals surface area contributed by atoms with Crippen molar-refractivity contribution in [1.82, 2.24) is 10.2 Å². The molecule has 0 atom stereocenters. The second-order valence-corrected chi connectivity index (χ2v) is 5.33. The summed E-state index contributed by atoms with van der Waals surface area (Å²) in [4.78, 5) is 24.0. The smallest absolute Gasteiger partial charge is 0.315 e. The normalized spacial score (nSPS) is 16.8. The van der Waals surface area contributed by atoms with Crippen molar-refractivity contribution in [3.05, 3.63) is 0 Å². The molecule has 3 amide bonds. The highest BCUT2D eigenvalue weighted by Gasteiger charge is 2.31. The first-order valence-electron chi connectivity index (χ1n) is 6.03. The number of nitrogens with one attached hydrogen (secondary N) is 1. The van der Waals surface area contributed by atoms with Crippen molar-refractivity contribution in [2.24, 2.45) is 5.41 Å². The molecule has 1 aliphatic heterocycles. The van der Waals surface area contributed by atoms with Crippen LogP contribution in [0, 0.1) is 5.41 Å².